The fourth-order valence-electron chi connectivity index (χ4n) is 7.48. The second kappa shape index (κ2) is 10.9. The van der Waals surface area contributed by atoms with Crippen LogP contribution in [-0.2, 0) is 11.2 Å². The molecule has 6 atom stereocenters. The van der Waals surface area contributed by atoms with Crippen molar-refractivity contribution >= 4 is 11.6 Å². The average Bonchev–Trinajstić information content (AvgIpc) is 3.17. The first kappa shape index (κ1) is 26.9. The Balaban J connectivity index is 1.34. The molecule has 38 heavy (non-hydrogen) atoms. The third-order valence-electron chi connectivity index (χ3n) is 9.37. The normalized spacial score (nSPS) is 29.9. The fraction of sp³-hybridized carbons (Fsp3) is 0.581. The van der Waals surface area contributed by atoms with Crippen LogP contribution < -0.4 is 10.1 Å². The Hall–Kier alpha value is -2.64. The molecule has 1 amide bonds. The highest BCUT2D eigenvalue weighted by molar-refractivity contribution is 5.90. The second-order valence-corrected chi connectivity index (χ2v) is 12.1. The number of benzene rings is 2. The quantitative estimate of drug-likeness (QED) is 0.399. The van der Waals surface area contributed by atoms with Crippen LogP contribution in [0.3, 0.4) is 0 Å². The van der Waals surface area contributed by atoms with Crippen molar-refractivity contribution in [2.75, 3.05) is 26.0 Å². The number of fused-ring (bicyclic) bond motifs is 5. The van der Waals surface area contributed by atoms with Gasteiger partial charge in [0.2, 0.25) is 5.91 Å². The highest BCUT2D eigenvalue weighted by Crippen LogP contribution is 2.61. The van der Waals surface area contributed by atoms with Gasteiger partial charge in [-0.1, -0.05) is 13.0 Å². The molecule has 0 aliphatic heterocycles. The number of rotatable bonds is 8. The number of aryl methyl sites for hydroxylation is 1. The molecule has 0 saturated heterocycles. The molecule has 7 heteroatoms. The number of nitrogens with one attached hydrogen (secondary N) is 1. The van der Waals surface area contributed by atoms with E-state index in [-0.39, 0.29) is 40.9 Å². The molecule has 0 spiro atoms. The van der Waals surface area contributed by atoms with Gasteiger partial charge in [-0.25, -0.2) is 4.39 Å². The van der Waals surface area contributed by atoms with E-state index in [1.165, 1.54) is 11.6 Å². The van der Waals surface area contributed by atoms with Crippen molar-refractivity contribution in [1.82, 2.24) is 4.90 Å². The number of unbranched alkanes of at least 4 members (excludes halogenated alkanes) is 1. The smallest absolute Gasteiger partial charge is 0.224 e. The summed E-state index contributed by atoms with van der Waals surface area (Å²) >= 11 is 0. The zero-order valence-corrected chi connectivity index (χ0v) is 22.8. The lowest BCUT2D eigenvalue weighted by Gasteiger charge is -2.53. The van der Waals surface area contributed by atoms with Gasteiger partial charge in [0.25, 0.3) is 0 Å². The van der Waals surface area contributed by atoms with Crippen LogP contribution in [-0.4, -0.2) is 53.9 Å². The van der Waals surface area contributed by atoms with E-state index in [9.17, 15) is 15.0 Å². The van der Waals surface area contributed by atoms with E-state index in [4.69, 9.17) is 4.74 Å². The van der Waals surface area contributed by atoms with Crippen molar-refractivity contribution < 1.29 is 24.1 Å². The summed E-state index contributed by atoms with van der Waals surface area (Å²) in [5.74, 6) is 0.885. The van der Waals surface area contributed by atoms with Crippen LogP contribution in [0.25, 0.3) is 0 Å². The molecular weight excluding hydrogens is 483 g/mol. The molecule has 2 aromatic rings. The molecule has 5 rings (SSSR count). The number of aromatic hydroxyl groups is 1. The van der Waals surface area contributed by atoms with Gasteiger partial charge in [-0.3, -0.25) is 4.79 Å². The lowest BCUT2D eigenvalue weighted by atomic mass is 9.54. The largest absolute Gasteiger partial charge is 0.508 e. The molecule has 2 fully saturated rings. The summed E-state index contributed by atoms with van der Waals surface area (Å²) < 4.78 is 21.6. The Morgan fingerprint density at radius 1 is 1.16 bits per heavy atom. The molecule has 0 aromatic heterocycles. The van der Waals surface area contributed by atoms with Gasteiger partial charge in [0.15, 0.2) is 0 Å². The summed E-state index contributed by atoms with van der Waals surface area (Å²) in [5.41, 5.74) is 2.27. The Morgan fingerprint density at radius 2 is 1.97 bits per heavy atom. The summed E-state index contributed by atoms with van der Waals surface area (Å²) in [6.07, 6.45) is 5.82. The van der Waals surface area contributed by atoms with Crippen molar-refractivity contribution in [1.29, 1.82) is 0 Å². The van der Waals surface area contributed by atoms with Crippen LogP contribution in [0, 0.1) is 23.1 Å². The van der Waals surface area contributed by atoms with Crippen molar-refractivity contribution in [3.05, 3.63) is 53.3 Å². The molecular formula is C31H41FN2O4. The SMILES string of the molecule is CN(C)CCCCC(=O)Nc1ccc(O[C@H]2C[C@]3(C)[C@@H](O)CC[C@H]3[C@@H]3CCc4cc(O)ccc4[C@H]32)cc1F. The van der Waals surface area contributed by atoms with E-state index in [1.807, 2.05) is 26.2 Å². The van der Waals surface area contributed by atoms with E-state index in [2.05, 4.69) is 17.1 Å². The van der Waals surface area contributed by atoms with Gasteiger partial charge in [-0.15, -0.1) is 0 Å². The van der Waals surface area contributed by atoms with Crippen molar-refractivity contribution in [2.45, 2.75) is 76.4 Å². The number of halogens is 1. The molecule has 2 saturated carbocycles. The zero-order valence-electron chi connectivity index (χ0n) is 22.8. The Morgan fingerprint density at radius 3 is 2.74 bits per heavy atom. The van der Waals surface area contributed by atoms with Crippen molar-refractivity contribution in [2.24, 2.45) is 17.3 Å². The van der Waals surface area contributed by atoms with E-state index in [0.717, 1.165) is 50.6 Å². The number of hydrogen-bond donors (Lipinski definition) is 3. The molecule has 0 unspecified atom stereocenters. The number of aliphatic hydroxyl groups excluding tert-OH is 1. The Labute approximate surface area is 225 Å². The highest BCUT2D eigenvalue weighted by Gasteiger charge is 2.58. The van der Waals surface area contributed by atoms with Gasteiger partial charge in [0, 0.05) is 23.8 Å². The minimum atomic E-state index is -0.518. The second-order valence-electron chi connectivity index (χ2n) is 12.1. The van der Waals surface area contributed by atoms with E-state index in [0.29, 0.717) is 30.4 Å². The molecule has 0 bridgehead atoms. The lowest BCUT2D eigenvalue weighted by molar-refractivity contribution is -0.116. The summed E-state index contributed by atoms with van der Waals surface area (Å²) in [4.78, 5) is 14.4. The van der Waals surface area contributed by atoms with Crippen molar-refractivity contribution in [3.8, 4) is 11.5 Å². The van der Waals surface area contributed by atoms with Gasteiger partial charge in [-0.2, -0.15) is 0 Å². The summed E-state index contributed by atoms with van der Waals surface area (Å²) in [5, 5.41) is 23.7. The van der Waals surface area contributed by atoms with E-state index >= 15 is 4.39 Å². The number of phenolic OH excluding ortho intramolecular Hbond substituents is 1. The van der Waals surface area contributed by atoms with Crippen LogP contribution >= 0.6 is 0 Å². The fourth-order valence-corrected chi connectivity index (χ4v) is 7.48. The number of carbonyl (C=O) groups is 1. The first-order valence-electron chi connectivity index (χ1n) is 14.1. The third kappa shape index (κ3) is 5.28. The number of nitrogens with zero attached hydrogens (tertiary/aromatic N) is 1. The highest BCUT2D eigenvalue weighted by atomic mass is 19.1. The topological polar surface area (TPSA) is 82.0 Å². The van der Waals surface area contributed by atoms with Gasteiger partial charge < -0.3 is 25.2 Å². The number of amides is 1. The van der Waals surface area contributed by atoms with Gasteiger partial charge in [-0.05, 0) is 113 Å². The van der Waals surface area contributed by atoms with E-state index in [1.54, 1.807) is 18.2 Å². The number of aliphatic hydroxyl groups is 1. The Kier molecular flexibility index (Phi) is 7.70. The van der Waals surface area contributed by atoms with Crippen LogP contribution in [0.1, 0.15) is 68.9 Å². The summed E-state index contributed by atoms with van der Waals surface area (Å²) in [6.45, 7) is 3.10. The molecule has 3 N–H and O–H groups in total. The minimum Gasteiger partial charge on any atom is -0.508 e. The number of anilines is 1. The average molecular weight is 525 g/mol. The number of ether oxygens (including phenoxy) is 1. The van der Waals surface area contributed by atoms with Gasteiger partial charge in [0.1, 0.15) is 23.4 Å². The summed E-state index contributed by atoms with van der Waals surface area (Å²) in [7, 11) is 4.00. The van der Waals surface area contributed by atoms with Gasteiger partial charge in [0.05, 0.1) is 11.8 Å². The van der Waals surface area contributed by atoms with Crippen LogP contribution in [0.4, 0.5) is 10.1 Å². The van der Waals surface area contributed by atoms with Crippen LogP contribution in [0.2, 0.25) is 0 Å². The number of hydrogen-bond acceptors (Lipinski definition) is 5. The van der Waals surface area contributed by atoms with Crippen LogP contribution in [0.5, 0.6) is 11.5 Å². The van der Waals surface area contributed by atoms with E-state index < -0.39 is 5.82 Å². The predicted octanol–water partition coefficient (Wildman–Crippen LogP) is 5.48. The first-order valence-corrected chi connectivity index (χ1v) is 14.1. The molecule has 3 aliphatic carbocycles. The maximum Gasteiger partial charge on any atom is 0.224 e. The molecule has 6 nitrogen and oxygen atoms in total. The first-order chi connectivity index (χ1) is 18.2. The Bertz CT molecular complexity index is 1170. The maximum absolute atomic E-state index is 15.1. The lowest BCUT2D eigenvalue weighted by Crippen LogP contribution is -2.51. The number of phenols is 1. The molecule has 2 aromatic carbocycles. The molecule has 0 radical (unpaired) electrons. The summed E-state index contributed by atoms with van der Waals surface area (Å²) in [6, 6.07) is 10.3. The number of carbonyl (C=O) groups excluding carboxylic acids is 1. The third-order valence-corrected chi connectivity index (χ3v) is 9.37. The van der Waals surface area contributed by atoms with Crippen LogP contribution in [0.15, 0.2) is 36.4 Å². The van der Waals surface area contributed by atoms with Gasteiger partial charge >= 0.3 is 0 Å². The monoisotopic (exact) mass is 524 g/mol. The molecule has 0 heterocycles. The minimum absolute atomic E-state index is 0.118. The van der Waals surface area contributed by atoms with Crippen molar-refractivity contribution in [3.63, 3.8) is 0 Å². The molecule has 206 valence electrons. The maximum atomic E-state index is 15.1. The zero-order chi connectivity index (χ0) is 27.0. The predicted molar refractivity (Wildman–Crippen MR) is 146 cm³/mol. The standard InChI is InChI=1S/C31H41FN2O4/c1-31-18-27(38-21-9-13-26(25(32)17-21)33-29(37)6-4-5-15-34(2)3)30-22-11-8-20(35)16-19(22)7-10-23(30)24(31)12-14-28(31)36/h8-9,11,13,16-17,23-24,27-28,30,35-36H,4-7,10,12,14-15,18H2,1-3H3,(H,33,37)/t23-,24-,27-,28-,30+,31-/m0/s1. The molecule has 3 aliphatic rings.